The lowest BCUT2D eigenvalue weighted by molar-refractivity contribution is 0.0170. The largest absolute Gasteiger partial charge is 0.379 e. The van der Waals surface area contributed by atoms with Crippen LogP contribution in [-0.4, -0.2) is 80.8 Å². The number of morpholine rings is 1. The van der Waals surface area contributed by atoms with Crippen LogP contribution in [0.3, 0.4) is 0 Å². The molecule has 6 heteroatoms. The maximum atomic E-state index is 5.58. The van der Waals surface area contributed by atoms with Crippen molar-refractivity contribution in [2.75, 3.05) is 53.0 Å². The fourth-order valence-electron chi connectivity index (χ4n) is 4.31. The Morgan fingerprint density at radius 1 is 1.14 bits per heavy atom. The Hall–Kier alpha value is -1.63. The SMILES string of the molecule is CN=C(NCC(c1ccc(C)cc1)N1CCOCC1)NC1CN(C(C)C)CC1C. The van der Waals surface area contributed by atoms with Crippen LogP contribution < -0.4 is 10.6 Å². The molecular weight excluding hydrogens is 362 g/mol. The Morgan fingerprint density at radius 2 is 1.83 bits per heavy atom. The number of hydrogen-bond acceptors (Lipinski definition) is 4. The number of ether oxygens (including phenoxy) is 1. The number of rotatable bonds is 6. The molecule has 0 aliphatic carbocycles. The van der Waals surface area contributed by atoms with Gasteiger partial charge in [0.15, 0.2) is 5.96 Å². The fraction of sp³-hybridized carbons (Fsp3) is 0.696. The summed E-state index contributed by atoms with van der Waals surface area (Å²) in [6.45, 7) is 15.6. The van der Waals surface area contributed by atoms with Crippen molar-refractivity contribution in [3.05, 3.63) is 35.4 Å². The van der Waals surface area contributed by atoms with Gasteiger partial charge >= 0.3 is 0 Å². The van der Waals surface area contributed by atoms with E-state index in [1.165, 1.54) is 11.1 Å². The summed E-state index contributed by atoms with van der Waals surface area (Å²) in [6.07, 6.45) is 0. The van der Waals surface area contributed by atoms with E-state index in [0.717, 1.165) is 51.9 Å². The van der Waals surface area contributed by atoms with E-state index in [2.05, 4.69) is 77.4 Å². The zero-order chi connectivity index (χ0) is 20.8. The van der Waals surface area contributed by atoms with Gasteiger partial charge in [0.1, 0.15) is 0 Å². The van der Waals surface area contributed by atoms with E-state index in [-0.39, 0.29) is 0 Å². The van der Waals surface area contributed by atoms with Gasteiger partial charge in [-0.1, -0.05) is 36.8 Å². The van der Waals surface area contributed by atoms with E-state index in [1.54, 1.807) is 0 Å². The van der Waals surface area contributed by atoms with Crippen molar-refractivity contribution in [1.29, 1.82) is 0 Å². The molecule has 0 bridgehead atoms. The summed E-state index contributed by atoms with van der Waals surface area (Å²) in [7, 11) is 1.87. The number of likely N-dealkylation sites (tertiary alicyclic amines) is 1. The molecule has 1 aromatic rings. The average Bonchev–Trinajstić information content (AvgIpc) is 3.10. The minimum atomic E-state index is 0.311. The number of aliphatic imine (C=N–C) groups is 1. The fourth-order valence-corrected chi connectivity index (χ4v) is 4.31. The van der Waals surface area contributed by atoms with Crippen molar-refractivity contribution in [2.24, 2.45) is 10.9 Å². The third kappa shape index (κ3) is 5.93. The first-order valence-corrected chi connectivity index (χ1v) is 11.1. The van der Waals surface area contributed by atoms with E-state index < -0.39 is 0 Å². The van der Waals surface area contributed by atoms with E-state index in [9.17, 15) is 0 Å². The van der Waals surface area contributed by atoms with Crippen LogP contribution in [0.2, 0.25) is 0 Å². The van der Waals surface area contributed by atoms with Crippen molar-refractivity contribution in [3.8, 4) is 0 Å². The molecule has 0 saturated carbocycles. The smallest absolute Gasteiger partial charge is 0.191 e. The summed E-state index contributed by atoms with van der Waals surface area (Å²) in [5, 5.41) is 7.28. The zero-order valence-corrected chi connectivity index (χ0v) is 18.8. The number of aryl methyl sites for hydroxylation is 1. The van der Waals surface area contributed by atoms with Crippen molar-refractivity contribution in [2.45, 2.75) is 45.8 Å². The van der Waals surface area contributed by atoms with E-state index >= 15 is 0 Å². The van der Waals surface area contributed by atoms with E-state index in [0.29, 0.717) is 24.0 Å². The van der Waals surface area contributed by atoms with Crippen LogP contribution in [0.1, 0.15) is 37.9 Å². The molecule has 0 spiro atoms. The van der Waals surface area contributed by atoms with Gasteiger partial charge in [-0.05, 0) is 32.3 Å². The molecule has 2 N–H and O–H groups in total. The quantitative estimate of drug-likeness (QED) is 0.566. The molecule has 2 aliphatic rings. The monoisotopic (exact) mass is 401 g/mol. The first-order chi connectivity index (χ1) is 14.0. The number of benzene rings is 1. The highest BCUT2D eigenvalue weighted by molar-refractivity contribution is 5.80. The van der Waals surface area contributed by atoms with Gasteiger partial charge < -0.3 is 15.4 Å². The highest BCUT2D eigenvalue weighted by atomic mass is 16.5. The van der Waals surface area contributed by atoms with Crippen molar-refractivity contribution >= 4 is 5.96 Å². The summed E-state index contributed by atoms with van der Waals surface area (Å²) >= 11 is 0. The predicted octanol–water partition coefficient (Wildman–Crippen LogP) is 2.26. The van der Waals surface area contributed by atoms with Gasteiger partial charge in [-0.25, -0.2) is 0 Å². The lowest BCUT2D eigenvalue weighted by Crippen LogP contribution is -2.50. The molecule has 2 saturated heterocycles. The number of hydrogen-bond donors (Lipinski definition) is 2. The van der Waals surface area contributed by atoms with Gasteiger partial charge in [-0.2, -0.15) is 0 Å². The van der Waals surface area contributed by atoms with Gasteiger partial charge in [-0.3, -0.25) is 14.8 Å². The Bertz CT molecular complexity index is 654. The molecule has 2 heterocycles. The first-order valence-electron chi connectivity index (χ1n) is 11.1. The van der Waals surface area contributed by atoms with Crippen LogP contribution >= 0.6 is 0 Å². The molecule has 2 fully saturated rings. The summed E-state index contributed by atoms with van der Waals surface area (Å²) in [5.41, 5.74) is 2.64. The van der Waals surface area contributed by atoms with Crippen molar-refractivity contribution < 1.29 is 4.74 Å². The molecule has 3 rings (SSSR count). The summed E-state index contributed by atoms with van der Waals surface area (Å²) in [6, 6.07) is 10.3. The van der Waals surface area contributed by atoms with Crippen LogP contribution in [0.25, 0.3) is 0 Å². The van der Waals surface area contributed by atoms with Crippen molar-refractivity contribution in [1.82, 2.24) is 20.4 Å². The maximum absolute atomic E-state index is 5.58. The van der Waals surface area contributed by atoms with E-state index in [4.69, 9.17) is 4.74 Å². The van der Waals surface area contributed by atoms with Crippen LogP contribution in [0.15, 0.2) is 29.3 Å². The Balaban J connectivity index is 1.63. The molecule has 0 amide bonds. The highest BCUT2D eigenvalue weighted by Gasteiger charge is 2.31. The van der Waals surface area contributed by atoms with E-state index in [1.807, 2.05) is 7.05 Å². The van der Waals surface area contributed by atoms with Crippen LogP contribution in [-0.2, 0) is 4.74 Å². The van der Waals surface area contributed by atoms with Crippen LogP contribution in [0, 0.1) is 12.8 Å². The minimum absolute atomic E-state index is 0.311. The molecule has 162 valence electrons. The topological polar surface area (TPSA) is 52.1 Å². The number of nitrogens with zero attached hydrogens (tertiary/aromatic N) is 3. The minimum Gasteiger partial charge on any atom is -0.379 e. The standard InChI is InChI=1S/C23H39N5O/c1-17(2)28-15-19(4)21(16-28)26-23(24-5)25-14-22(27-10-12-29-13-11-27)20-8-6-18(3)7-9-20/h6-9,17,19,21-22H,10-16H2,1-5H3,(H2,24,25,26). The molecule has 3 unspecified atom stereocenters. The predicted molar refractivity (Wildman–Crippen MR) is 120 cm³/mol. The molecule has 29 heavy (non-hydrogen) atoms. The second-order valence-corrected chi connectivity index (χ2v) is 8.80. The summed E-state index contributed by atoms with van der Waals surface area (Å²) in [5.74, 6) is 1.51. The molecule has 6 nitrogen and oxygen atoms in total. The second kappa shape index (κ2) is 10.4. The molecule has 1 aromatic carbocycles. The Morgan fingerprint density at radius 3 is 2.41 bits per heavy atom. The average molecular weight is 402 g/mol. The maximum Gasteiger partial charge on any atom is 0.191 e. The Kier molecular flexibility index (Phi) is 7.92. The number of nitrogens with one attached hydrogen (secondary N) is 2. The molecule has 2 aliphatic heterocycles. The van der Waals surface area contributed by atoms with Gasteiger partial charge in [-0.15, -0.1) is 0 Å². The van der Waals surface area contributed by atoms with Gasteiger partial charge in [0.25, 0.3) is 0 Å². The summed E-state index contributed by atoms with van der Waals surface area (Å²) in [4.78, 5) is 9.57. The van der Waals surface area contributed by atoms with Crippen molar-refractivity contribution in [3.63, 3.8) is 0 Å². The van der Waals surface area contributed by atoms with Gasteiger partial charge in [0.2, 0.25) is 0 Å². The normalized spacial score (nSPS) is 25.4. The summed E-state index contributed by atoms with van der Waals surface area (Å²) < 4.78 is 5.58. The van der Waals surface area contributed by atoms with Gasteiger partial charge in [0.05, 0.1) is 19.3 Å². The lowest BCUT2D eigenvalue weighted by atomic mass is 10.0. The third-order valence-electron chi connectivity index (χ3n) is 6.33. The van der Waals surface area contributed by atoms with Crippen LogP contribution in [0.4, 0.5) is 0 Å². The number of guanidine groups is 1. The molecule has 3 atom stereocenters. The first kappa shape index (κ1) is 22.1. The zero-order valence-electron chi connectivity index (χ0n) is 18.8. The van der Waals surface area contributed by atoms with Gasteiger partial charge in [0, 0.05) is 51.9 Å². The second-order valence-electron chi connectivity index (χ2n) is 8.80. The molecule has 0 aromatic heterocycles. The third-order valence-corrected chi connectivity index (χ3v) is 6.33. The Labute approximate surface area is 176 Å². The highest BCUT2D eigenvalue weighted by Crippen LogP contribution is 2.22. The molecule has 0 radical (unpaired) electrons. The van der Waals surface area contributed by atoms with Crippen LogP contribution in [0.5, 0.6) is 0 Å². The lowest BCUT2D eigenvalue weighted by Gasteiger charge is -2.35. The molecular formula is C23H39N5O.